The largest absolute Gasteiger partial charge is 0.491 e. The summed E-state index contributed by atoms with van der Waals surface area (Å²) in [6.45, 7) is 15.0. The Labute approximate surface area is 151 Å². The van der Waals surface area contributed by atoms with E-state index in [0.29, 0.717) is 0 Å². The highest BCUT2D eigenvalue weighted by Gasteiger charge is 2.29. The van der Waals surface area contributed by atoms with Crippen LogP contribution in [0.15, 0.2) is 24.3 Å². The highest BCUT2D eigenvalue weighted by molar-refractivity contribution is 5.84. The topological polar surface area (TPSA) is 67.4 Å². The molecule has 2 amide bonds. The molecule has 0 aliphatic rings. The summed E-state index contributed by atoms with van der Waals surface area (Å²) in [5.41, 5.74) is -0.303. The first kappa shape index (κ1) is 21.0. The van der Waals surface area contributed by atoms with Gasteiger partial charge in [-0.1, -0.05) is 53.7 Å². The fourth-order valence-electron chi connectivity index (χ4n) is 1.91. The first-order chi connectivity index (χ1) is 11.3. The van der Waals surface area contributed by atoms with Gasteiger partial charge < -0.3 is 15.4 Å². The van der Waals surface area contributed by atoms with Gasteiger partial charge in [0.15, 0.2) is 0 Å². The molecule has 5 heteroatoms. The Balaban J connectivity index is 3.04. The average molecular weight is 348 g/mol. The molecule has 0 saturated heterocycles. The number of nitrogens with one attached hydrogen (secondary N) is 2. The fraction of sp³-hybridized carbons (Fsp3) is 0.600. The monoisotopic (exact) mass is 348 g/mol. The Morgan fingerprint density at radius 2 is 1.24 bits per heavy atom. The van der Waals surface area contributed by atoms with Crippen LogP contribution in [-0.4, -0.2) is 17.9 Å². The Kier molecular flexibility index (Phi) is 6.63. The van der Waals surface area contributed by atoms with Crippen LogP contribution >= 0.6 is 0 Å². The number of ether oxygens (including phenoxy) is 1. The van der Waals surface area contributed by atoms with Crippen molar-refractivity contribution < 1.29 is 14.3 Å². The van der Waals surface area contributed by atoms with Gasteiger partial charge >= 0.3 is 0 Å². The lowest BCUT2D eigenvalue weighted by atomic mass is 9.94. The van der Waals surface area contributed by atoms with Crippen LogP contribution in [0.5, 0.6) is 5.75 Å². The van der Waals surface area contributed by atoms with Gasteiger partial charge in [-0.25, -0.2) is 0 Å². The van der Waals surface area contributed by atoms with Crippen molar-refractivity contribution in [1.82, 2.24) is 10.6 Å². The van der Waals surface area contributed by atoms with Crippen LogP contribution in [-0.2, 0) is 9.59 Å². The molecule has 1 aromatic carbocycles. The van der Waals surface area contributed by atoms with Crippen LogP contribution in [0, 0.1) is 10.8 Å². The Morgan fingerprint density at radius 3 is 1.56 bits per heavy atom. The van der Waals surface area contributed by atoms with E-state index in [-0.39, 0.29) is 17.9 Å². The molecule has 0 bridgehead atoms. The van der Waals surface area contributed by atoms with E-state index in [1.165, 1.54) is 0 Å². The predicted molar refractivity (Wildman–Crippen MR) is 100 cm³/mol. The maximum atomic E-state index is 12.4. The molecule has 0 saturated carbocycles. The van der Waals surface area contributed by atoms with Gasteiger partial charge in [-0.15, -0.1) is 0 Å². The van der Waals surface area contributed by atoms with Crippen molar-refractivity contribution in [1.29, 1.82) is 0 Å². The van der Waals surface area contributed by atoms with Crippen molar-refractivity contribution in [3.05, 3.63) is 29.8 Å². The number of carbonyl (C=O) groups excluding carboxylic acids is 2. The first-order valence-electron chi connectivity index (χ1n) is 8.69. The summed E-state index contributed by atoms with van der Waals surface area (Å²) in [6, 6.07) is 7.40. The number of rotatable bonds is 5. The minimum Gasteiger partial charge on any atom is -0.491 e. The first-order valence-corrected chi connectivity index (χ1v) is 8.69. The van der Waals surface area contributed by atoms with E-state index in [1.807, 2.05) is 79.7 Å². The molecule has 1 aromatic rings. The maximum absolute atomic E-state index is 12.4. The number of carbonyl (C=O) groups is 2. The number of benzene rings is 1. The van der Waals surface area contributed by atoms with Crippen molar-refractivity contribution in [3.63, 3.8) is 0 Å². The zero-order chi connectivity index (χ0) is 19.4. The van der Waals surface area contributed by atoms with Crippen LogP contribution in [0.2, 0.25) is 0 Å². The molecule has 25 heavy (non-hydrogen) atoms. The predicted octanol–water partition coefficient (Wildman–Crippen LogP) is 3.80. The number of hydrogen-bond donors (Lipinski definition) is 2. The molecule has 0 heterocycles. The summed E-state index contributed by atoms with van der Waals surface area (Å²) in [5.74, 6) is 0.491. The smallest absolute Gasteiger partial charge is 0.227 e. The molecule has 1 rings (SSSR count). The van der Waals surface area contributed by atoms with Gasteiger partial charge in [0.05, 0.1) is 6.10 Å². The van der Waals surface area contributed by atoms with Crippen molar-refractivity contribution >= 4 is 11.8 Å². The van der Waals surface area contributed by atoms with Gasteiger partial charge in [0.25, 0.3) is 0 Å². The standard InChI is InChI=1S/C20H32N2O3/c1-13(2)25-15-11-9-14(10-12-15)16(21-17(23)19(3,4)5)22-18(24)20(6,7)8/h9-13,16H,1-8H3,(H,21,23)(H,22,24). The third-order valence-corrected chi connectivity index (χ3v) is 3.50. The van der Waals surface area contributed by atoms with Gasteiger partial charge in [0.2, 0.25) is 11.8 Å². The molecule has 0 aliphatic carbocycles. The molecule has 0 spiro atoms. The minimum absolute atomic E-state index is 0.0860. The molecule has 140 valence electrons. The van der Waals surface area contributed by atoms with Crippen LogP contribution < -0.4 is 15.4 Å². The van der Waals surface area contributed by atoms with Crippen LogP contribution in [0.1, 0.15) is 67.1 Å². The zero-order valence-electron chi connectivity index (χ0n) is 16.7. The molecule has 0 aliphatic heterocycles. The van der Waals surface area contributed by atoms with E-state index in [1.54, 1.807) is 0 Å². The van der Waals surface area contributed by atoms with Gasteiger partial charge in [0.1, 0.15) is 11.9 Å². The lowest BCUT2D eigenvalue weighted by Gasteiger charge is -2.28. The lowest BCUT2D eigenvalue weighted by Crippen LogP contribution is -2.47. The molecular formula is C20H32N2O3. The summed E-state index contributed by atoms with van der Waals surface area (Å²) in [5, 5.41) is 5.85. The Morgan fingerprint density at radius 1 is 0.840 bits per heavy atom. The molecule has 0 fully saturated rings. The lowest BCUT2D eigenvalue weighted by molar-refractivity contribution is -0.132. The second-order valence-corrected chi connectivity index (χ2v) is 8.62. The minimum atomic E-state index is -0.591. The second kappa shape index (κ2) is 7.89. The summed E-state index contributed by atoms with van der Waals surface area (Å²) in [7, 11) is 0. The van der Waals surface area contributed by atoms with E-state index < -0.39 is 17.0 Å². The SMILES string of the molecule is CC(C)Oc1ccc(C(NC(=O)C(C)(C)C)NC(=O)C(C)(C)C)cc1. The Hall–Kier alpha value is -2.04. The van der Waals surface area contributed by atoms with E-state index in [2.05, 4.69) is 10.6 Å². The van der Waals surface area contributed by atoms with Crippen LogP contribution in [0.25, 0.3) is 0 Å². The highest BCUT2D eigenvalue weighted by Crippen LogP contribution is 2.22. The molecule has 0 aromatic heterocycles. The second-order valence-electron chi connectivity index (χ2n) is 8.62. The van der Waals surface area contributed by atoms with E-state index in [4.69, 9.17) is 4.74 Å². The average Bonchev–Trinajstić information content (AvgIpc) is 2.44. The summed E-state index contributed by atoms with van der Waals surface area (Å²) in [6.07, 6.45) is -0.505. The summed E-state index contributed by atoms with van der Waals surface area (Å²) >= 11 is 0. The third kappa shape index (κ3) is 6.77. The van der Waals surface area contributed by atoms with Gasteiger partial charge in [-0.3, -0.25) is 9.59 Å². The highest BCUT2D eigenvalue weighted by atomic mass is 16.5. The van der Waals surface area contributed by atoms with Crippen LogP contribution in [0.3, 0.4) is 0 Å². The van der Waals surface area contributed by atoms with Crippen molar-refractivity contribution in [3.8, 4) is 5.75 Å². The maximum Gasteiger partial charge on any atom is 0.227 e. The molecule has 0 atom stereocenters. The molecule has 2 N–H and O–H groups in total. The molecule has 0 radical (unpaired) electrons. The number of hydrogen-bond acceptors (Lipinski definition) is 3. The quantitative estimate of drug-likeness (QED) is 0.796. The van der Waals surface area contributed by atoms with Gasteiger partial charge in [-0.05, 0) is 31.5 Å². The molecule has 5 nitrogen and oxygen atoms in total. The van der Waals surface area contributed by atoms with Crippen molar-refractivity contribution in [2.75, 3.05) is 0 Å². The third-order valence-electron chi connectivity index (χ3n) is 3.50. The Bertz CT molecular complexity index is 565. The van der Waals surface area contributed by atoms with Gasteiger partial charge in [0, 0.05) is 10.8 Å². The molecule has 0 unspecified atom stereocenters. The summed E-state index contributed by atoms with van der Waals surface area (Å²) < 4.78 is 5.64. The number of amides is 2. The van der Waals surface area contributed by atoms with Crippen molar-refractivity contribution in [2.24, 2.45) is 10.8 Å². The summed E-state index contributed by atoms with van der Waals surface area (Å²) in [4.78, 5) is 24.8. The fourth-order valence-corrected chi connectivity index (χ4v) is 1.91. The van der Waals surface area contributed by atoms with Crippen molar-refractivity contribution in [2.45, 2.75) is 67.7 Å². The molecular weight excluding hydrogens is 316 g/mol. The normalized spacial score (nSPS) is 12.2. The van der Waals surface area contributed by atoms with Crippen LogP contribution in [0.4, 0.5) is 0 Å². The van der Waals surface area contributed by atoms with E-state index >= 15 is 0 Å². The zero-order valence-corrected chi connectivity index (χ0v) is 16.7. The van der Waals surface area contributed by atoms with E-state index in [9.17, 15) is 9.59 Å². The van der Waals surface area contributed by atoms with Gasteiger partial charge in [-0.2, -0.15) is 0 Å². The van der Waals surface area contributed by atoms with E-state index in [0.717, 1.165) is 11.3 Å².